The van der Waals surface area contributed by atoms with Crippen molar-refractivity contribution in [1.29, 1.82) is 0 Å². The van der Waals surface area contributed by atoms with Crippen LogP contribution in [0.25, 0.3) is 0 Å². The molecule has 0 fully saturated rings. The molecule has 4 heteroatoms. The van der Waals surface area contributed by atoms with E-state index in [1.54, 1.807) is 11.8 Å². The second kappa shape index (κ2) is 7.65. The Morgan fingerprint density at radius 1 is 1.25 bits per heavy atom. The lowest BCUT2D eigenvalue weighted by Gasteiger charge is -2.15. The topological polar surface area (TPSA) is 22.3 Å². The summed E-state index contributed by atoms with van der Waals surface area (Å²) in [5, 5.41) is 1.21. The van der Waals surface area contributed by atoms with Crippen molar-refractivity contribution in [2.45, 2.75) is 25.2 Å². The highest BCUT2D eigenvalue weighted by Gasteiger charge is 2.12. The van der Waals surface area contributed by atoms with Crippen LogP contribution < -0.4 is 4.57 Å². The van der Waals surface area contributed by atoms with Gasteiger partial charge in [0.05, 0.1) is 5.75 Å². The standard InChI is InChI=1S/C12H20NO2S/c1-4-14-12(15-5-2)10-16-11-8-6-7-9-13(11)3/h6-9,12H,4-5,10H2,1-3H3/q+1. The van der Waals surface area contributed by atoms with Crippen molar-refractivity contribution < 1.29 is 14.0 Å². The molecule has 0 aliphatic rings. The minimum absolute atomic E-state index is 0.111. The lowest BCUT2D eigenvalue weighted by molar-refractivity contribution is -0.708. The Hall–Kier alpha value is -0.580. The molecule has 0 spiro atoms. The van der Waals surface area contributed by atoms with E-state index in [1.807, 2.05) is 39.2 Å². The van der Waals surface area contributed by atoms with Crippen LogP contribution in [0.2, 0.25) is 0 Å². The summed E-state index contributed by atoms with van der Waals surface area (Å²) in [5.41, 5.74) is 0. The predicted molar refractivity (Wildman–Crippen MR) is 65.4 cm³/mol. The lowest BCUT2D eigenvalue weighted by atomic mass is 10.5. The Morgan fingerprint density at radius 3 is 2.50 bits per heavy atom. The third-order valence-electron chi connectivity index (χ3n) is 2.08. The Labute approximate surface area is 102 Å². The molecule has 0 aliphatic heterocycles. The van der Waals surface area contributed by atoms with Gasteiger partial charge in [-0.3, -0.25) is 0 Å². The average Bonchev–Trinajstić information content (AvgIpc) is 2.28. The lowest BCUT2D eigenvalue weighted by Crippen LogP contribution is -2.30. The van der Waals surface area contributed by atoms with E-state index in [1.165, 1.54) is 5.03 Å². The van der Waals surface area contributed by atoms with Crippen LogP contribution >= 0.6 is 11.8 Å². The van der Waals surface area contributed by atoms with Gasteiger partial charge in [-0.05, 0) is 19.9 Å². The quantitative estimate of drug-likeness (QED) is 0.415. The number of rotatable bonds is 7. The molecule has 0 atom stereocenters. The van der Waals surface area contributed by atoms with E-state index in [9.17, 15) is 0 Å². The van der Waals surface area contributed by atoms with E-state index < -0.39 is 0 Å². The van der Waals surface area contributed by atoms with Crippen molar-refractivity contribution in [1.82, 2.24) is 0 Å². The summed E-state index contributed by atoms with van der Waals surface area (Å²) in [6, 6.07) is 6.16. The molecule has 0 amide bonds. The van der Waals surface area contributed by atoms with E-state index in [0.717, 1.165) is 5.75 Å². The van der Waals surface area contributed by atoms with Gasteiger partial charge in [0.15, 0.2) is 12.5 Å². The minimum Gasteiger partial charge on any atom is -0.352 e. The highest BCUT2D eigenvalue weighted by Crippen LogP contribution is 2.15. The number of ether oxygens (including phenoxy) is 2. The summed E-state index contributed by atoms with van der Waals surface area (Å²) in [6.45, 7) is 5.34. The number of nitrogens with zero attached hydrogens (tertiary/aromatic N) is 1. The van der Waals surface area contributed by atoms with Crippen LogP contribution in [0.1, 0.15) is 13.8 Å². The zero-order valence-electron chi connectivity index (χ0n) is 10.2. The van der Waals surface area contributed by atoms with Gasteiger partial charge in [-0.25, -0.2) is 0 Å². The van der Waals surface area contributed by atoms with Gasteiger partial charge in [-0.1, -0.05) is 11.8 Å². The molecule has 0 unspecified atom stereocenters. The fourth-order valence-electron chi connectivity index (χ4n) is 1.33. The van der Waals surface area contributed by atoms with E-state index >= 15 is 0 Å². The van der Waals surface area contributed by atoms with Gasteiger partial charge in [0.2, 0.25) is 5.03 Å². The number of thioether (sulfide) groups is 1. The van der Waals surface area contributed by atoms with E-state index in [-0.39, 0.29) is 6.29 Å². The van der Waals surface area contributed by atoms with Crippen molar-refractivity contribution in [3.63, 3.8) is 0 Å². The second-order valence-corrected chi connectivity index (χ2v) is 4.34. The molecule has 0 saturated carbocycles. The monoisotopic (exact) mass is 242 g/mol. The molecule has 3 nitrogen and oxygen atoms in total. The van der Waals surface area contributed by atoms with Gasteiger partial charge >= 0.3 is 0 Å². The molecule has 0 bridgehead atoms. The average molecular weight is 242 g/mol. The highest BCUT2D eigenvalue weighted by atomic mass is 32.2. The van der Waals surface area contributed by atoms with Gasteiger partial charge in [0.1, 0.15) is 7.05 Å². The number of pyridine rings is 1. The van der Waals surface area contributed by atoms with E-state index in [0.29, 0.717) is 13.2 Å². The van der Waals surface area contributed by atoms with Gasteiger partial charge in [-0.15, -0.1) is 0 Å². The van der Waals surface area contributed by atoms with Crippen LogP contribution in [0.5, 0.6) is 0 Å². The van der Waals surface area contributed by atoms with Crippen LogP contribution in [-0.4, -0.2) is 25.3 Å². The van der Waals surface area contributed by atoms with Crippen LogP contribution in [0.3, 0.4) is 0 Å². The maximum Gasteiger partial charge on any atom is 0.239 e. The van der Waals surface area contributed by atoms with Crippen molar-refractivity contribution in [3.8, 4) is 0 Å². The highest BCUT2D eigenvalue weighted by molar-refractivity contribution is 7.99. The summed E-state index contributed by atoms with van der Waals surface area (Å²) in [5.74, 6) is 0.819. The molecule has 0 saturated heterocycles. The molecular weight excluding hydrogens is 222 g/mol. The predicted octanol–water partition coefficient (Wildman–Crippen LogP) is 2.00. The van der Waals surface area contributed by atoms with Gasteiger partial charge in [-0.2, -0.15) is 4.57 Å². The zero-order chi connectivity index (χ0) is 11.8. The first-order chi connectivity index (χ1) is 7.77. The van der Waals surface area contributed by atoms with E-state index in [4.69, 9.17) is 9.47 Å². The largest absolute Gasteiger partial charge is 0.352 e. The van der Waals surface area contributed by atoms with Crippen molar-refractivity contribution in [2.75, 3.05) is 19.0 Å². The molecule has 0 radical (unpaired) electrons. The summed E-state index contributed by atoms with van der Waals surface area (Å²) < 4.78 is 13.1. The van der Waals surface area contributed by atoms with Crippen LogP contribution in [0.15, 0.2) is 29.4 Å². The third kappa shape index (κ3) is 4.51. The molecule has 1 rings (SSSR count). The number of hydrogen-bond acceptors (Lipinski definition) is 3. The zero-order valence-corrected chi connectivity index (χ0v) is 11.0. The first kappa shape index (κ1) is 13.5. The summed E-state index contributed by atoms with van der Waals surface area (Å²) in [4.78, 5) is 0. The van der Waals surface area contributed by atoms with Crippen LogP contribution in [0.4, 0.5) is 0 Å². The number of aryl methyl sites for hydroxylation is 1. The minimum atomic E-state index is -0.111. The van der Waals surface area contributed by atoms with Gasteiger partial charge in [0.25, 0.3) is 0 Å². The number of hydrogen-bond donors (Lipinski definition) is 0. The van der Waals surface area contributed by atoms with Crippen molar-refractivity contribution >= 4 is 11.8 Å². The maximum absolute atomic E-state index is 5.49. The second-order valence-electron chi connectivity index (χ2n) is 3.30. The van der Waals surface area contributed by atoms with Gasteiger partial charge in [0, 0.05) is 25.3 Å². The molecular formula is C12H20NO2S+. The maximum atomic E-state index is 5.49. The van der Waals surface area contributed by atoms with Crippen LogP contribution in [0, 0.1) is 0 Å². The number of aromatic nitrogens is 1. The van der Waals surface area contributed by atoms with Crippen LogP contribution in [-0.2, 0) is 16.5 Å². The summed E-state index contributed by atoms with van der Waals surface area (Å²) in [6.07, 6.45) is 1.93. The van der Waals surface area contributed by atoms with Gasteiger partial charge < -0.3 is 9.47 Å². The summed E-state index contributed by atoms with van der Waals surface area (Å²) in [7, 11) is 2.04. The van der Waals surface area contributed by atoms with Crippen molar-refractivity contribution in [3.05, 3.63) is 24.4 Å². The molecule has 1 aromatic heterocycles. The Morgan fingerprint density at radius 2 is 1.94 bits per heavy atom. The third-order valence-corrected chi connectivity index (χ3v) is 3.24. The molecule has 1 heterocycles. The normalized spacial score (nSPS) is 11.0. The molecule has 0 aliphatic carbocycles. The Balaban J connectivity index is 2.45. The molecule has 1 aromatic rings. The fourth-order valence-corrected chi connectivity index (χ4v) is 2.27. The SMILES string of the molecule is CCOC(CSc1cccc[n+]1C)OCC. The molecule has 0 aromatic carbocycles. The molecule has 90 valence electrons. The smallest absolute Gasteiger partial charge is 0.239 e. The fraction of sp³-hybridized carbons (Fsp3) is 0.583. The molecule has 0 N–H and O–H groups in total. The Kier molecular flexibility index (Phi) is 6.45. The summed E-state index contributed by atoms with van der Waals surface area (Å²) >= 11 is 1.75. The van der Waals surface area contributed by atoms with Crippen molar-refractivity contribution in [2.24, 2.45) is 7.05 Å². The first-order valence-electron chi connectivity index (χ1n) is 5.58. The first-order valence-corrected chi connectivity index (χ1v) is 6.57. The Bertz CT molecular complexity index is 301. The molecule has 16 heavy (non-hydrogen) atoms. The van der Waals surface area contributed by atoms with E-state index in [2.05, 4.69) is 10.6 Å².